The molecule has 4 aliphatic rings. The number of carbonyl (C=O) groups excluding carboxylic acids is 2. The molecule has 192 valence electrons. The number of unbranched alkanes of at least 4 members (excludes halogenated alkanes) is 1. The van der Waals surface area contributed by atoms with E-state index in [1.165, 1.54) is 6.21 Å². The molecule has 0 aromatic carbocycles. The molecule has 0 radical (unpaired) electrons. The van der Waals surface area contributed by atoms with Gasteiger partial charge in [0.1, 0.15) is 5.78 Å². The van der Waals surface area contributed by atoms with E-state index in [1.54, 1.807) is 0 Å². The first-order valence-electron chi connectivity index (χ1n) is 12.7. The van der Waals surface area contributed by atoms with Crippen LogP contribution >= 0.6 is 11.8 Å². The fourth-order valence-electron chi connectivity index (χ4n) is 7.96. The van der Waals surface area contributed by atoms with Crippen molar-refractivity contribution < 1.29 is 27.9 Å². The normalized spacial score (nSPS) is 41.9. The van der Waals surface area contributed by atoms with Crippen molar-refractivity contribution in [3.05, 3.63) is 0 Å². The molecule has 1 amide bonds. The van der Waals surface area contributed by atoms with Gasteiger partial charge in [-0.3, -0.25) is 9.59 Å². The molecule has 4 aliphatic carbocycles. The van der Waals surface area contributed by atoms with Gasteiger partial charge < -0.3 is 15.8 Å². The monoisotopic (exact) mass is 502 g/mol. The number of thioether (sulfide) groups is 1. The Kier molecular flexibility index (Phi) is 7.45. The molecule has 2 unspecified atom stereocenters. The first kappa shape index (κ1) is 26.0. The fourth-order valence-corrected chi connectivity index (χ4v) is 9.29. The average molecular weight is 503 g/mol. The summed E-state index contributed by atoms with van der Waals surface area (Å²) in [6.45, 7) is 2.38. The van der Waals surface area contributed by atoms with Gasteiger partial charge in [0.05, 0.1) is 11.5 Å². The lowest BCUT2D eigenvalue weighted by molar-refractivity contribution is -0.173. The number of hydrogen-bond acceptors (Lipinski definition) is 5. The number of nitrogens with one attached hydrogen (secondary N) is 2. The maximum absolute atomic E-state index is 12.7. The first-order valence-corrected chi connectivity index (χ1v) is 13.8. The van der Waals surface area contributed by atoms with Crippen molar-refractivity contribution in [1.29, 1.82) is 5.41 Å². The van der Waals surface area contributed by atoms with Crippen LogP contribution in [0.2, 0.25) is 0 Å². The minimum Gasteiger partial charge on any atom is -0.393 e. The molecule has 3 N–H and O–H groups in total. The van der Waals surface area contributed by atoms with Crippen molar-refractivity contribution in [3.8, 4) is 0 Å². The van der Waals surface area contributed by atoms with Crippen LogP contribution in [0.1, 0.15) is 71.1 Å². The van der Waals surface area contributed by atoms with Crippen LogP contribution in [-0.2, 0) is 9.59 Å². The summed E-state index contributed by atoms with van der Waals surface area (Å²) in [5, 5.41) is 21.6. The van der Waals surface area contributed by atoms with E-state index in [1.807, 2.05) is 17.1 Å². The lowest BCUT2D eigenvalue weighted by Gasteiger charge is -2.61. The topological polar surface area (TPSA) is 90.2 Å². The number of alkyl halides is 3. The third kappa shape index (κ3) is 4.56. The van der Waals surface area contributed by atoms with Gasteiger partial charge in [-0.05, 0) is 92.6 Å². The number of fused-ring (bicyclic) bond motifs is 5. The van der Waals surface area contributed by atoms with Crippen molar-refractivity contribution in [3.63, 3.8) is 0 Å². The summed E-state index contributed by atoms with van der Waals surface area (Å²) in [4.78, 5) is 23.5. The van der Waals surface area contributed by atoms with Gasteiger partial charge in [-0.25, -0.2) is 0 Å². The minimum absolute atomic E-state index is 0.0347. The first-order chi connectivity index (χ1) is 16.0. The molecule has 9 heteroatoms. The van der Waals surface area contributed by atoms with Gasteiger partial charge in [-0.2, -0.15) is 24.9 Å². The second-order valence-electron chi connectivity index (χ2n) is 11.2. The highest BCUT2D eigenvalue weighted by molar-refractivity contribution is 7.99. The zero-order valence-electron chi connectivity index (χ0n) is 19.8. The summed E-state index contributed by atoms with van der Waals surface area (Å²) in [6, 6.07) is 0. The number of rotatable bonds is 7. The smallest absolute Gasteiger partial charge is 0.393 e. The largest absolute Gasteiger partial charge is 0.471 e. The van der Waals surface area contributed by atoms with Crippen LogP contribution in [0.25, 0.3) is 0 Å². The van der Waals surface area contributed by atoms with Gasteiger partial charge in [-0.15, -0.1) is 0 Å². The molecule has 4 rings (SSSR count). The van der Waals surface area contributed by atoms with Gasteiger partial charge >= 0.3 is 12.1 Å². The van der Waals surface area contributed by atoms with Crippen molar-refractivity contribution in [2.75, 3.05) is 12.3 Å². The van der Waals surface area contributed by atoms with Crippen molar-refractivity contribution in [1.82, 2.24) is 5.32 Å². The average Bonchev–Trinajstić information content (AvgIpc) is 3.13. The van der Waals surface area contributed by atoms with Gasteiger partial charge in [0.2, 0.25) is 0 Å². The van der Waals surface area contributed by atoms with E-state index in [-0.39, 0.29) is 35.7 Å². The summed E-state index contributed by atoms with van der Waals surface area (Å²) < 4.78 is 36.7. The SMILES string of the molecule is C[C@]12CC[C@H](SCCCCNC(=O)C(F)(F)F)CC1C(O)C[C@@H]1[C@@H]2CC[C@]2(C=N)C(=O)CC[C@@H]12. The van der Waals surface area contributed by atoms with Gasteiger partial charge in [-0.1, -0.05) is 6.92 Å². The van der Waals surface area contributed by atoms with E-state index >= 15 is 0 Å². The number of aliphatic hydroxyl groups is 1. The summed E-state index contributed by atoms with van der Waals surface area (Å²) in [7, 11) is 0. The number of amides is 1. The molecular weight excluding hydrogens is 465 g/mol. The number of halogens is 3. The quantitative estimate of drug-likeness (QED) is 0.346. The highest BCUT2D eigenvalue weighted by Gasteiger charge is 2.63. The number of ketones is 1. The number of hydrogen-bond donors (Lipinski definition) is 3. The molecule has 0 heterocycles. The molecule has 34 heavy (non-hydrogen) atoms. The zero-order valence-corrected chi connectivity index (χ0v) is 20.6. The lowest BCUT2D eigenvalue weighted by Crippen LogP contribution is -2.58. The Morgan fingerprint density at radius 1 is 1.18 bits per heavy atom. The van der Waals surface area contributed by atoms with Crippen LogP contribution in [0.15, 0.2) is 0 Å². The van der Waals surface area contributed by atoms with Crippen LogP contribution in [0.4, 0.5) is 13.2 Å². The van der Waals surface area contributed by atoms with Gasteiger partial charge in [0.25, 0.3) is 0 Å². The van der Waals surface area contributed by atoms with Crippen LogP contribution in [0.3, 0.4) is 0 Å². The van der Waals surface area contributed by atoms with Crippen LogP contribution in [0.5, 0.6) is 0 Å². The molecule has 0 spiro atoms. The molecule has 4 fully saturated rings. The summed E-state index contributed by atoms with van der Waals surface area (Å²) in [5.41, 5.74) is -0.530. The Morgan fingerprint density at radius 3 is 2.65 bits per heavy atom. The highest BCUT2D eigenvalue weighted by atomic mass is 32.2. The second-order valence-corrected chi connectivity index (χ2v) is 12.6. The van der Waals surface area contributed by atoms with E-state index in [2.05, 4.69) is 6.92 Å². The third-order valence-electron chi connectivity index (χ3n) is 9.69. The van der Waals surface area contributed by atoms with Crippen LogP contribution in [-0.4, -0.2) is 52.8 Å². The van der Waals surface area contributed by atoms with Crippen molar-refractivity contribution in [2.45, 2.75) is 88.7 Å². The van der Waals surface area contributed by atoms with Crippen LogP contribution in [0, 0.1) is 39.9 Å². The van der Waals surface area contributed by atoms with E-state index in [4.69, 9.17) is 5.41 Å². The fraction of sp³-hybridized carbons (Fsp3) is 0.880. The maximum atomic E-state index is 12.7. The van der Waals surface area contributed by atoms with Crippen molar-refractivity contribution in [2.24, 2.45) is 34.5 Å². The molecule has 0 aliphatic heterocycles. The Balaban J connectivity index is 1.29. The third-order valence-corrected chi connectivity index (χ3v) is 11.1. The van der Waals surface area contributed by atoms with E-state index < -0.39 is 17.5 Å². The van der Waals surface area contributed by atoms with Gasteiger partial charge in [0, 0.05) is 24.4 Å². The second kappa shape index (κ2) is 9.75. The lowest BCUT2D eigenvalue weighted by atomic mass is 9.44. The molecule has 4 saturated carbocycles. The zero-order chi connectivity index (χ0) is 24.7. The number of carbonyl (C=O) groups is 2. The Morgan fingerprint density at radius 2 is 1.94 bits per heavy atom. The predicted octanol–water partition coefficient (Wildman–Crippen LogP) is 4.76. The predicted molar refractivity (Wildman–Crippen MR) is 126 cm³/mol. The summed E-state index contributed by atoms with van der Waals surface area (Å²) >= 11 is 1.85. The maximum Gasteiger partial charge on any atom is 0.471 e. The summed E-state index contributed by atoms with van der Waals surface area (Å²) in [6.07, 6.45) is 4.44. The van der Waals surface area contributed by atoms with Gasteiger partial charge in [0.15, 0.2) is 0 Å². The number of Topliss-reactive ketones (excluding diaryl/α,β-unsaturated/α-hetero) is 1. The molecule has 0 bridgehead atoms. The standard InChI is InChI=1S/C25H37F3N2O3S/c1-23-8-6-15(34-11-3-2-10-30-22(33)25(26,27)28)12-19(23)20(31)13-16-17(23)7-9-24(14-29)18(16)4-5-21(24)32/h14-20,29,31H,2-13H2,1H3,(H,30,33)/t15-,16+,17-,18-,19?,20?,23+,24+/m0/s1. The Hall–Kier alpha value is -1.09. The highest BCUT2D eigenvalue weighted by Crippen LogP contribution is 2.65. The molecule has 8 atom stereocenters. The molecular formula is C25H37F3N2O3S. The number of aliphatic hydroxyl groups excluding tert-OH is 1. The van der Waals surface area contributed by atoms with E-state index in [9.17, 15) is 27.9 Å². The van der Waals surface area contributed by atoms with Crippen LogP contribution < -0.4 is 5.32 Å². The molecule has 0 aromatic heterocycles. The molecule has 0 saturated heterocycles. The summed E-state index contributed by atoms with van der Waals surface area (Å²) in [5.74, 6) is 0.431. The van der Waals surface area contributed by atoms with Crippen molar-refractivity contribution >= 4 is 29.7 Å². The Bertz CT molecular complexity index is 809. The molecule has 5 nitrogen and oxygen atoms in total. The minimum atomic E-state index is -4.82. The van der Waals surface area contributed by atoms with E-state index in [0.717, 1.165) is 57.1 Å². The molecule has 0 aromatic rings. The Labute approximate surface area is 203 Å². The van der Waals surface area contributed by atoms with E-state index in [0.29, 0.717) is 29.9 Å².